The van der Waals surface area contributed by atoms with Gasteiger partial charge in [-0.05, 0) is 24.3 Å². The van der Waals surface area contributed by atoms with Crippen LogP contribution in [0.3, 0.4) is 0 Å². The van der Waals surface area contributed by atoms with Crippen LogP contribution in [0.2, 0.25) is 0 Å². The maximum Gasteiger partial charge on any atom is 0.237 e. The molecule has 2 aromatic carbocycles. The van der Waals surface area contributed by atoms with Gasteiger partial charge in [0.1, 0.15) is 12.1 Å². The Bertz CT molecular complexity index is 756. The van der Waals surface area contributed by atoms with Crippen LogP contribution in [-0.2, 0) is 0 Å². The highest BCUT2D eigenvalue weighted by Crippen LogP contribution is 2.34. The molecule has 1 N–H and O–H groups in total. The fourth-order valence-electron chi connectivity index (χ4n) is 1.66. The van der Waals surface area contributed by atoms with Gasteiger partial charge < -0.3 is 9.47 Å². The third-order valence-corrected chi connectivity index (χ3v) is 2.68. The number of anilines is 1. The molecule has 108 valence electrons. The zero-order chi connectivity index (χ0) is 15.8. The lowest BCUT2D eigenvalue weighted by Gasteiger charge is -2.12. The summed E-state index contributed by atoms with van der Waals surface area (Å²) < 4.78 is 11.0. The van der Waals surface area contributed by atoms with E-state index in [4.69, 9.17) is 20.0 Å². The van der Waals surface area contributed by atoms with Gasteiger partial charge in [-0.15, -0.1) is 0 Å². The van der Waals surface area contributed by atoms with Crippen molar-refractivity contribution in [2.24, 2.45) is 5.10 Å². The Morgan fingerprint density at radius 2 is 1.55 bits per heavy atom. The van der Waals surface area contributed by atoms with Crippen molar-refractivity contribution in [1.82, 2.24) is 0 Å². The molecule has 0 saturated heterocycles. The van der Waals surface area contributed by atoms with Gasteiger partial charge in [0.2, 0.25) is 5.71 Å². The Balaban J connectivity index is 2.28. The number of hydrogen-bond acceptors (Lipinski definition) is 6. The maximum atomic E-state index is 8.69. The summed E-state index contributed by atoms with van der Waals surface area (Å²) in [7, 11) is 1.56. The highest BCUT2D eigenvalue weighted by Gasteiger charge is 2.08. The van der Waals surface area contributed by atoms with Crippen LogP contribution >= 0.6 is 0 Å². The van der Waals surface area contributed by atoms with Crippen molar-refractivity contribution >= 4 is 11.4 Å². The number of benzene rings is 2. The van der Waals surface area contributed by atoms with E-state index < -0.39 is 0 Å². The number of ether oxygens (including phenoxy) is 2. The molecular weight excluding hydrogens is 280 g/mol. The summed E-state index contributed by atoms with van der Waals surface area (Å²) in [5, 5.41) is 21.1. The van der Waals surface area contributed by atoms with Gasteiger partial charge in [0.25, 0.3) is 0 Å². The number of hydrazone groups is 1. The number of methoxy groups -OCH3 is 1. The lowest BCUT2D eigenvalue weighted by molar-refractivity contribution is 0.379. The van der Waals surface area contributed by atoms with Crippen molar-refractivity contribution in [2.45, 2.75) is 0 Å². The number of hydrogen-bond donors (Lipinski definition) is 1. The second kappa shape index (κ2) is 7.32. The van der Waals surface area contributed by atoms with E-state index in [1.54, 1.807) is 55.6 Å². The smallest absolute Gasteiger partial charge is 0.237 e. The first-order valence-corrected chi connectivity index (χ1v) is 6.32. The van der Waals surface area contributed by atoms with Crippen molar-refractivity contribution in [3.63, 3.8) is 0 Å². The van der Waals surface area contributed by atoms with Crippen molar-refractivity contribution in [3.8, 4) is 29.4 Å². The van der Waals surface area contributed by atoms with Gasteiger partial charge in [0.05, 0.1) is 12.8 Å². The van der Waals surface area contributed by atoms with Crippen LogP contribution in [0.25, 0.3) is 0 Å². The normalized spacial score (nSPS) is 9.05. The van der Waals surface area contributed by atoms with Crippen molar-refractivity contribution < 1.29 is 9.47 Å². The monoisotopic (exact) mass is 292 g/mol. The number of nitrogens with zero attached hydrogens (tertiary/aromatic N) is 3. The van der Waals surface area contributed by atoms with E-state index in [1.807, 2.05) is 12.1 Å². The molecule has 0 unspecified atom stereocenters. The van der Waals surface area contributed by atoms with Crippen LogP contribution in [0.4, 0.5) is 5.69 Å². The second-order valence-corrected chi connectivity index (χ2v) is 4.04. The van der Waals surface area contributed by atoms with Gasteiger partial charge in [0, 0.05) is 0 Å². The summed E-state index contributed by atoms with van der Waals surface area (Å²) >= 11 is 0. The molecule has 2 rings (SSSR count). The Kier molecular flexibility index (Phi) is 4.95. The molecule has 0 amide bonds. The third kappa shape index (κ3) is 3.53. The quantitative estimate of drug-likeness (QED) is 0.674. The molecule has 0 aliphatic rings. The first-order chi connectivity index (χ1) is 10.8. The highest BCUT2D eigenvalue weighted by molar-refractivity contribution is 6.10. The summed E-state index contributed by atoms with van der Waals surface area (Å²) in [5.74, 6) is 1.63. The SMILES string of the molecule is COc1ccccc1Oc1ccccc1NN=C(C#N)C#N. The molecule has 2 aromatic rings. The van der Waals surface area contributed by atoms with Crippen LogP contribution < -0.4 is 14.9 Å². The van der Waals surface area contributed by atoms with E-state index >= 15 is 0 Å². The van der Waals surface area contributed by atoms with Crippen molar-refractivity contribution in [3.05, 3.63) is 48.5 Å². The fourth-order valence-corrected chi connectivity index (χ4v) is 1.66. The van der Waals surface area contributed by atoms with Crippen LogP contribution in [0.1, 0.15) is 0 Å². The minimum atomic E-state index is -0.271. The lowest BCUT2D eigenvalue weighted by atomic mass is 10.3. The Labute approximate surface area is 127 Å². The predicted molar refractivity (Wildman–Crippen MR) is 81.8 cm³/mol. The molecule has 0 saturated carbocycles. The molecule has 0 heterocycles. The van der Waals surface area contributed by atoms with Crippen LogP contribution in [0, 0.1) is 22.7 Å². The largest absolute Gasteiger partial charge is 0.493 e. The molecule has 0 fully saturated rings. The first kappa shape index (κ1) is 14.9. The van der Waals surface area contributed by atoms with Gasteiger partial charge in [-0.25, -0.2) is 0 Å². The molecule has 6 nitrogen and oxygen atoms in total. The molecule has 6 heteroatoms. The van der Waals surface area contributed by atoms with E-state index in [2.05, 4.69) is 10.5 Å². The van der Waals surface area contributed by atoms with Gasteiger partial charge in [0.15, 0.2) is 17.2 Å². The van der Waals surface area contributed by atoms with E-state index in [0.29, 0.717) is 22.9 Å². The summed E-state index contributed by atoms with van der Waals surface area (Å²) in [5.41, 5.74) is 2.90. The predicted octanol–water partition coefficient (Wildman–Crippen LogP) is 3.30. The van der Waals surface area contributed by atoms with Gasteiger partial charge in [-0.1, -0.05) is 24.3 Å². The van der Waals surface area contributed by atoms with Gasteiger partial charge in [-0.2, -0.15) is 15.6 Å². The lowest BCUT2D eigenvalue weighted by Crippen LogP contribution is -1.98. The second-order valence-electron chi connectivity index (χ2n) is 4.04. The zero-order valence-corrected chi connectivity index (χ0v) is 11.8. The maximum absolute atomic E-state index is 8.69. The average Bonchev–Trinajstić information content (AvgIpc) is 2.57. The van der Waals surface area contributed by atoms with Crippen LogP contribution in [-0.4, -0.2) is 12.8 Å². The van der Waals surface area contributed by atoms with E-state index in [1.165, 1.54) is 0 Å². The molecular formula is C16H12N4O2. The molecule has 0 aromatic heterocycles. The fraction of sp³-hybridized carbons (Fsp3) is 0.0625. The van der Waals surface area contributed by atoms with E-state index in [9.17, 15) is 0 Å². The minimum absolute atomic E-state index is 0.271. The number of nitriles is 2. The highest BCUT2D eigenvalue weighted by atomic mass is 16.5. The standard InChI is InChI=1S/C16H12N4O2/c1-21-15-8-4-5-9-16(15)22-14-7-3-2-6-13(14)20-19-12(10-17)11-18/h2-9,20H,1H3. The van der Waals surface area contributed by atoms with E-state index in [-0.39, 0.29) is 5.71 Å². The topological polar surface area (TPSA) is 90.4 Å². The number of para-hydroxylation sites is 4. The molecule has 0 aliphatic carbocycles. The molecule has 0 spiro atoms. The van der Waals surface area contributed by atoms with Gasteiger partial charge >= 0.3 is 0 Å². The van der Waals surface area contributed by atoms with Crippen molar-refractivity contribution in [2.75, 3.05) is 12.5 Å². The third-order valence-electron chi connectivity index (χ3n) is 2.68. The average molecular weight is 292 g/mol. The van der Waals surface area contributed by atoms with Crippen molar-refractivity contribution in [1.29, 1.82) is 10.5 Å². The number of rotatable bonds is 5. The minimum Gasteiger partial charge on any atom is -0.493 e. The molecule has 0 bridgehead atoms. The number of nitrogens with one attached hydrogen (secondary N) is 1. The summed E-state index contributed by atoms with van der Waals surface area (Å²) in [6.45, 7) is 0. The zero-order valence-electron chi connectivity index (χ0n) is 11.8. The van der Waals surface area contributed by atoms with E-state index in [0.717, 1.165) is 0 Å². The Hall–Kier alpha value is -3.51. The Morgan fingerprint density at radius 3 is 2.18 bits per heavy atom. The van der Waals surface area contributed by atoms with Crippen LogP contribution in [0.5, 0.6) is 17.2 Å². The van der Waals surface area contributed by atoms with Crippen LogP contribution in [0.15, 0.2) is 53.6 Å². The molecule has 22 heavy (non-hydrogen) atoms. The summed E-state index contributed by atoms with van der Waals surface area (Å²) in [6.07, 6.45) is 0. The summed E-state index contributed by atoms with van der Waals surface area (Å²) in [6, 6.07) is 17.6. The first-order valence-electron chi connectivity index (χ1n) is 6.32. The molecule has 0 aliphatic heterocycles. The Morgan fingerprint density at radius 1 is 0.955 bits per heavy atom. The van der Waals surface area contributed by atoms with Gasteiger partial charge in [-0.3, -0.25) is 5.43 Å². The summed E-state index contributed by atoms with van der Waals surface area (Å²) in [4.78, 5) is 0. The molecule has 0 atom stereocenters. The molecule has 0 radical (unpaired) electrons.